The Morgan fingerprint density at radius 3 is 0.980 bits per heavy atom. The second kappa shape index (κ2) is 15.8. The summed E-state index contributed by atoms with van der Waals surface area (Å²) in [6.45, 7) is 0. The van der Waals surface area contributed by atoms with Crippen molar-refractivity contribution in [2.45, 2.75) is 0 Å². The van der Waals surface area contributed by atoms with Gasteiger partial charge in [-0.2, -0.15) is 4.58 Å². The van der Waals surface area contributed by atoms with E-state index in [9.17, 15) is 0 Å². The maximum atomic E-state index is 8.52. The molecular weight excluding hydrogens is 637 g/mol. The highest BCUT2D eigenvalue weighted by Gasteiger charge is 2.22. The summed E-state index contributed by atoms with van der Waals surface area (Å²) in [6.07, 6.45) is 8.71. The molecule has 256 valence electrons. The standard InChI is InChI=1S/C38H44N6.H2O4S/c1-39(2)29-9-17-33(18-10-29)43(34-19-11-30(12-20-34)40(3)4)37-25-27-38(28-26-37)44(35-21-13-31(14-22-35)41(5)6)36-23-15-32(16-24-36)42(7)8;1-5(2,3)4/h9-28H,1-8H3;(H2,1,2,3,4)/q+2;/p-2. The predicted octanol–water partition coefficient (Wildman–Crippen LogP) is 6.13. The van der Waals surface area contributed by atoms with Gasteiger partial charge in [0.25, 0.3) is 0 Å². The maximum absolute atomic E-state index is 8.52. The van der Waals surface area contributed by atoms with Crippen LogP contribution in [0.2, 0.25) is 0 Å². The second-order valence-corrected chi connectivity index (χ2v) is 13.1. The molecule has 1 aliphatic carbocycles. The van der Waals surface area contributed by atoms with Crippen LogP contribution in [0.4, 0.5) is 45.5 Å². The van der Waals surface area contributed by atoms with E-state index in [1.165, 1.54) is 22.8 Å². The summed E-state index contributed by atoms with van der Waals surface area (Å²) in [4.78, 5) is 8.68. The first-order chi connectivity index (χ1) is 23.1. The van der Waals surface area contributed by atoms with Gasteiger partial charge in [0.2, 0.25) is 17.1 Å². The second-order valence-electron chi connectivity index (χ2n) is 12.2. The summed E-state index contributed by atoms with van der Waals surface area (Å²) < 4.78 is 38.5. The van der Waals surface area contributed by atoms with Gasteiger partial charge < -0.3 is 28.7 Å². The first kappa shape index (κ1) is 36.6. The molecule has 0 atom stereocenters. The normalized spacial score (nSPS) is 12.2. The third kappa shape index (κ3) is 9.89. The monoisotopic (exact) mass is 680 g/mol. The zero-order valence-corrected chi connectivity index (χ0v) is 30.1. The van der Waals surface area contributed by atoms with Crippen LogP contribution in [0.1, 0.15) is 0 Å². The molecule has 0 bridgehead atoms. The minimum Gasteiger partial charge on any atom is -0.759 e. The van der Waals surface area contributed by atoms with Crippen molar-refractivity contribution in [2.75, 3.05) is 76.0 Å². The van der Waals surface area contributed by atoms with Gasteiger partial charge in [0, 0.05) is 135 Å². The largest absolute Gasteiger partial charge is 0.759 e. The third-order valence-electron chi connectivity index (χ3n) is 7.86. The molecule has 0 fully saturated rings. The predicted molar refractivity (Wildman–Crippen MR) is 203 cm³/mol. The Morgan fingerprint density at radius 1 is 0.449 bits per heavy atom. The van der Waals surface area contributed by atoms with E-state index in [1.54, 1.807) is 0 Å². The molecular formula is C38H44N6O4S. The fourth-order valence-corrected chi connectivity index (χ4v) is 5.24. The van der Waals surface area contributed by atoms with Gasteiger partial charge in [-0.25, -0.2) is 4.58 Å². The molecule has 11 heteroatoms. The van der Waals surface area contributed by atoms with Crippen LogP contribution in [0, 0.1) is 0 Å². The van der Waals surface area contributed by atoms with Crippen molar-refractivity contribution in [1.29, 1.82) is 0 Å². The number of nitrogens with zero attached hydrogens (tertiary/aromatic N) is 6. The Balaban J connectivity index is 0.00000101. The van der Waals surface area contributed by atoms with Crippen LogP contribution in [-0.4, -0.2) is 89.9 Å². The highest BCUT2D eigenvalue weighted by atomic mass is 32.3. The van der Waals surface area contributed by atoms with Gasteiger partial charge in [0.05, 0.1) is 0 Å². The van der Waals surface area contributed by atoms with Crippen molar-refractivity contribution in [2.24, 2.45) is 0 Å². The molecule has 0 heterocycles. The van der Waals surface area contributed by atoms with E-state index in [4.69, 9.17) is 17.5 Å². The number of benzene rings is 4. The Kier molecular flexibility index (Phi) is 11.8. The van der Waals surface area contributed by atoms with E-state index in [0.29, 0.717) is 0 Å². The SMILES string of the molecule is CN(C)c1ccc(N(c2ccc(N(C)C)cc2)c2ccc([N+](=C3C=CC(=[N+](C)C)C=C3)c3ccc(N(C)C)cc3)cc2)cc1.O=S(=O)([O-])[O-]. The van der Waals surface area contributed by atoms with Gasteiger partial charge in [-0.15, -0.1) is 0 Å². The zero-order chi connectivity index (χ0) is 35.9. The topological polar surface area (TPSA) is 99.2 Å². The van der Waals surface area contributed by atoms with Gasteiger partial charge in [-0.05, 0) is 72.8 Å². The molecule has 10 nitrogen and oxygen atoms in total. The van der Waals surface area contributed by atoms with Gasteiger partial charge in [-0.3, -0.25) is 8.42 Å². The maximum Gasteiger partial charge on any atom is 0.212 e. The number of hydrogen-bond donors (Lipinski definition) is 0. The molecule has 5 rings (SSSR count). The summed E-state index contributed by atoms with van der Waals surface area (Å²) >= 11 is 0. The van der Waals surface area contributed by atoms with Crippen LogP contribution in [0.3, 0.4) is 0 Å². The first-order valence-corrected chi connectivity index (χ1v) is 16.9. The van der Waals surface area contributed by atoms with Crippen LogP contribution < -0.4 is 24.2 Å². The minimum atomic E-state index is -5.17. The Bertz CT molecular complexity index is 1880. The van der Waals surface area contributed by atoms with E-state index in [1.807, 2.05) is 0 Å². The first-order valence-electron chi connectivity index (χ1n) is 15.6. The van der Waals surface area contributed by atoms with Crippen molar-refractivity contribution >= 4 is 67.3 Å². The van der Waals surface area contributed by atoms with Crippen LogP contribution in [0.5, 0.6) is 0 Å². The highest BCUT2D eigenvalue weighted by Crippen LogP contribution is 2.37. The zero-order valence-electron chi connectivity index (χ0n) is 29.3. The number of hydrogen-bond acceptors (Lipinski definition) is 8. The molecule has 4 aromatic carbocycles. The lowest BCUT2D eigenvalue weighted by Gasteiger charge is -2.27. The van der Waals surface area contributed by atoms with E-state index < -0.39 is 10.4 Å². The fourth-order valence-electron chi connectivity index (χ4n) is 5.24. The van der Waals surface area contributed by atoms with Crippen LogP contribution >= 0.6 is 0 Å². The number of allylic oxidation sites excluding steroid dienone is 4. The van der Waals surface area contributed by atoms with E-state index >= 15 is 0 Å². The van der Waals surface area contributed by atoms with Gasteiger partial charge in [-0.1, -0.05) is 0 Å². The summed E-state index contributed by atoms with van der Waals surface area (Å²) in [5, 5.41) is 0. The summed E-state index contributed by atoms with van der Waals surface area (Å²) in [5.74, 6) is 0. The van der Waals surface area contributed by atoms with Crippen LogP contribution in [-0.2, 0) is 10.4 Å². The lowest BCUT2D eigenvalue weighted by molar-refractivity contribution is -0.462. The van der Waals surface area contributed by atoms with E-state index in [-0.39, 0.29) is 0 Å². The average Bonchev–Trinajstić information content (AvgIpc) is 3.06. The number of anilines is 6. The molecule has 49 heavy (non-hydrogen) atoms. The van der Waals surface area contributed by atoms with E-state index in [0.717, 1.165) is 34.1 Å². The highest BCUT2D eigenvalue weighted by molar-refractivity contribution is 7.79. The lowest BCUT2D eigenvalue weighted by atomic mass is 10.1. The van der Waals surface area contributed by atoms with Gasteiger partial charge in [0.1, 0.15) is 14.1 Å². The quantitative estimate of drug-likeness (QED) is 0.0949. The van der Waals surface area contributed by atoms with Crippen LogP contribution in [0.15, 0.2) is 121 Å². The summed E-state index contributed by atoms with van der Waals surface area (Å²) in [7, 11) is 11.4. The fraction of sp³-hybridized carbons (Fsp3) is 0.211. The third-order valence-corrected chi connectivity index (χ3v) is 7.86. The Hall–Kier alpha value is -5.23. The van der Waals surface area contributed by atoms with Crippen molar-refractivity contribution < 1.29 is 22.1 Å². The molecule has 0 radical (unpaired) electrons. The minimum absolute atomic E-state index is 1.09. The molecule has 0 aromatic heterocycles. The molecule has 0 saturated heterocycles. The Labute approximate surface area is 290 Å². The van der Waals surface area contributed by atoms with Crippen molar-refractivity contribution in [1.82, 2.24) is 4.58 Å². The lowest BCUT2D eigenvalue weighted by Crippen LogP contribution is -2.19. The molecule has 0 aliphatic heterocycles. The van der Waals surface area contributed by atoms with Gasteiger partial charge in [0.15, 0.2) is 5.71 Å². The molecule has 4 aromatic rings. The van der Waals surface area contributed by atoms with Crippen molar-refractivity contribution in [3.8, 4) is 0 Å². The smallest absolute Gasteiger partial charge is 0.212 e. The van der Waals surface area contributed by atoms with Crippen molar-refractivity contribution in [3.63, 3.8) is 0 Å². The summed E-state index contributed by atoms with van der Waals surface area (Å²) in [5.41, 5.74) is 11.3. The van der Waals surface area contributed by atoms with E-state index in [2.05, 4.69) is 206 Å². The molecule has 0 saturated carbocycles. The average molecular weight is 681 g/mol. The molecule has 1 aliphatic rings. The Morgan fingerprint density at radius 2 is 0.694 bits per heavy atom. The molecule has 0 unspecified atom stereocenters. The molecule has 0 N–H and O–H groups in total. The number of rotatable bonds is 8. The molecule has 0 spiro atoms. The molecule has 0 amide bonds. The van der Waals surface area contributed by atoms with Crippen LogP contribution in [0.25, 0.3) is 0 Å². The van der Waals surface area contributed by atoms with Gasteiger partial charge >= 0.3 is 0 Å². The summed E-state index contributed by atoms with van der Waals surface area (Å²) in [6, 6.07) is 35.0. The van der Waals surface area contributed by atoms with Crippen molar-refractivity contribution in [3.05, 3.63) is 121 Å².